The zero-order valence-corrected chi connectivity index (χ0v) is 9.91. The lowest BCUT2D eigenvalue weighted by Crippen LogP contribution is -2.08. The fourth-order valence-electron chi connectivity index (χ4n) is 1.48. The molecule has 2 aromatic rings. The smallest absolute Gasteiger partial charge is 0.200 e. The largest absolute Gasteiger partial charge is 0.453 e. The van der Waals surface area contributed by atoms with Gasteiger partial charge in [-0.3, -0.25) is 4.79 Å². The number of aromatic nitrogens is 1. The second-order valence-electron chi connectivity index (χ2n) is 3.80. The molecule has 0 aromatic carbocycles. The van der Waals surface area contributed by atoms with Crippen molar-refractivity contribution in [2.24, 2.45) is 5.92 Å². The summed E-state index contributed by atoms with van der Waals surface area (Å²) in [5, 5.41) is 1.06. The molecule has 0 aliphatic carbocycles. The summed E-state index contributed by atoms with van der Waals surface area (Å²) in [7, 11) is 0. The second-order valence-corrected chi connectivity index (χ2v) is 4.16. The summed E-state index contributed by atoms with van der Waals surface area (Å²) in [5.41, 5.74) is 0.603. The Balaban J connectivity index is 2.48. The van der Waals surface area contributed by atoms with E-state index in [9.17, 15) is 4.79 Å². The Bertz CT molecular complexity index is 533. The number of furan rings is 1. The van der Waals surface area contributed by atoms with E-state index in [0.29, 0.717) is 21.9 Å². The summed E-state index contributed by atoms with van der Waals surface area (Å²) in [6, 6.07) is 3.37. The third kappa shape index (κ3) is 1.83. The summed E-state index contributed by atoms with van der Waals surface area (Å²) >= 11 is 5.91. The average molecular weight is 238 g/mol. The van der Waals surface area contributed by atoms with E-state index in [0.717, 1.165) is 6.42 Å². The number of nitrogens with zero attached hydrogens (tertiary/aromatic N) is 1. The molecular weight excluding hydrogens is 226 g/mol. The highest BCUT2D eigenvalue weighted by Crippen LogP contribution is 2.26. The van der Waals surface area contributed by atoms with Crippen molar-refractivity contribution < 1.29 is 9.21 Å². The molecule has 0 radical (unpaired) electrons. The Morgan fingerprint density at radius 1 is 1.62 bits per heavy atom. The number of hydrogen-bond donors (Lipinski definition) is 0. The van der Waals surface area contributed by atoms with E-state index in [1.807, 2.05) is 13.8 Å². The number of carbonyl (C=O) groups excluding carboxylic acids is 1. The number of halogens is 1. The third-order valence-corrected chi connectivity index (χ3v) is 3.00. The van der Waals surface area contributed by atoms with Crippen molar-refractivity contribution >= 4 is 28.4 Å². The van der Waals surface area contributed by atoms with Crippen molar-refractivity contribution in [2.75, 3.05) is 0 Å². The number of carbonyl (C=O) groups is 1. The van der Waals surface area contributed by atoms with Crippen molar-refractivity contribution in [3.63, 3.8) is 0 Å². The first-order chi connectivity index (χ1) is 7.63. The van der Waals surface area contributed by atoms with Gasteiger partial charge in [0.15, 0.2) is 5.76 Å². The molecule has 4 heteroatoms. The van der Waals surface area contributed by atoms with E-state index >= 15 is 0 Å². The number of Topliss-reactive ketones (excluding diaryl/α,β-unsaturated/α-hetero) is 1. The molecule has 0 aliphatic heterocycles. The van der Waals surface area contributed by atoms with Crippen LogP contribution < -0.4 is 0 Å². The van der Waals surface area contributed by atoms with Crippen LogP contribution in [0, 0.1) is 5.92 Å². The average Bonchev–Trinajstić information content (AvgIpc) is 2.72. The van der Waals surface area contributed by atoms with Crippen LogP contribution in [0.4, 0.5) is 0 Å². The predicted molar refractivity (Wildman–Crippen MR) is 62.8 cm³/mol. The summed E-state index contributed by atoms with van der Waals surface area (Å²) in [5.74, 6) is 0.335. The van der Waals surface area contributed by atoms with Crippen LogP contribution >= 0.6 is 11.6 Å². The number of hydrogen-bond acceptors (Lipinski definition) is 3. The molecule has 0 N–H and O–H groups in total. The van der Waals surface area contributed by atoms with Crippen LogP contribution in [0.25, 0.3) is 11.0 Å². The van der Waals surface area contributed by atoms with Gasteiger partial charge in [-0.25, -0.2) is 4.98 Å². The predicted octanol–water partition coefficient (Wildman–Crippen LogP) is 3.71. The van der Waals surface area contributed by atoms with Gasteiger partial charge in [0, 0.05) is 12.1 Å². The van der Waals surface area contributed by atoms with Gasteiger partial charge < -0.3 is 4.42 Å². The molecule has 2 aromatic heterocycles. The molecule has 0 spiro atoms. The molecule has 84 valence electrons. The first-order valence-electron chi connectivity index (χ1n) is 5.21. The number of rotatable bonds is 3. The molecule has 0 saturated heterocycles. The first kappa shape index (κ1) is 11.1. The highest BCUT2D eigenvalue weighted by atomic mass is 35.5. The second kappa shape index (κ2) is 4.26. The summed E-state index contributed by atoms with van der Waals surface area (Å²) in [6.07, 6.45) is 2.35. The monoisotopic (exact) mass is 237 g/mol. The molecule has 1 atom stereocenters. The van der Waals surface area contributed by atoms with Gasteiger partial charge in [0.1, 0.15) is 10.7 Å². The molecule has 0 saturated carbocycles. The van der Waals surface area contributed by atoms with Gasteiger partial charge in [0.05, 0.1) is 5.39 Å². The van der Waals surface area contributed by atoms with E-state index in [4.69, 9.17) is 16.0 Å². The fraction of sp³-hybridized carbons (Fsp3) is 0.333. The minimum Gasteiger partial charge on any atom is -0.453 e. The molecule has 0 fully saturated rings. The van der Waals surface area contributed by atoms with Crippen molar-refractivity contribution in [3.05, 3.63) is 29.2 Å². The standard InChI is InChI=1S/C12H12ClNO2/c1-3-7(2)11(15)10-6-8-9(16-10)4-5-14-12(8)13/h4-7H,3H2,1-2H3. The van der Waals surface area contributed by atoms with Crippen LogP contribution in [0.15, 0.2) is 22.7 Å². The highest BCUT2D eigenvalue weighted by Gasteiger charge is 2.18. The van der Waals surface area contributed by atoms with Crippen molar-refractivity contribution in [1.29, 1.82) is 0 Å². The summed E-state index contributed by atoms with van der Waals surface area (Å²) in [4.78, 5) is 15.8. The SMILES string of the molecule is CCC(C)C(=O)c1cc2c(Cl)nccc2o1. The molecule has 1 unspecified atom stereocenters. The maximum Gasteiger partial charge on any atom is 0.200 e. The Hall–Kier alpha value is -1.35. The molecule has 2 rings (SSSR count). The first-order valence-corrected chi connectivity index (χ1v) is 5.59. The number of fused-ring (bicyclic) bond motifs is 1. The van der Waals surface area contributed by atoms with Crippen LogP contribution in [-0.2, 0) is 0 Å². The van der Waals surface area contributed by atoms with Gasteiger partial charge in [0.25, 0.3) is 0 Å². The molecule has 0 bridgehead atoms. The van der Waals surface area contributed by atoms with E-state index in [-0.39, 0.29) is 11.7 Å². The molecule has 3 nitrogen and oxygen atoms in total. The van der Waals surface area contributed by atoms with Gasteiger partial charge >= 0.3 is 0 Å². The Kier molecular flexibility index (Phi) is 2.97. The minimum absolute atomic E-state index is 0.00904. The minimum atomic E-state index is -0.0349. The van der Waals surface area contributed by atoms with Gasteiger partial charge in [0.2, 0.25) is 5.78 Å². The van der Waals surface area contributed by atoms with Crippen LogP contribution in [0.2, 0.25) is 5.15 Å². The van der Waals surface area contributed by atoms with Crippen LogP contribution in [0.1, 0.15) is 30.8 Å². The molecule has 0 aliphatic rings. The zero-order chi connectivity index (χ0) is 11.7. The number of ketones is 1. The van der Waals surface area contributed by atoms with E-state index in [1.165, 1.54) is 0 Å². The van der Waals surface area contributed by atoms with Gasteiger partial charge in [-0.15, -0.1) is 0 Å². The highest BCUT2D eigenvalue weighted by molar-refractivity contribution is 6.34. The lowest BCUT2D eigenvalue weighted by atomic mass is 10.0. The maximum absolute atomic E-state index is 11.9. The lowest BCUT2D eigenvalue weighted by molar-refractivity contribution is 0.0901. The summed E-state index contributed by atoms with van der Waals surface area (Å²) < 4.78 is 5.46. The van der Waals surface area contributed by atoms with Crippen molar-refractivity contribution in [3.8, 4) is 0 Å². The zero-order valence-electron chi connectivity index (χ0n) is 9.16. The van der Waals surface area contributed by atoms with Crippen LogP contribution in [-0.4, -0.2) is 10.8 Å². The van der Waals surface area contributed by atoms with E-state index in [2.05, 4.69) is 4.98 Å². The van der Waals surface area contributed by atoms with Crippen molar-refractivity contribution in [1.82, 2.24) is 4.98 Å². The Morgan fingerprint density at radius 2 is 2.38 bits per heavy atom. The molecule has 2 heterocycles. The summed E-state index contributed by atoms with van der Waals surface area (Å²) in [6.45, 7) is 3.86. The van der Waals surface area contributed by atoms with E-state index in [1.54, 1.807) is 18.3 Å². The van der Waals surface area contributed by atoms with Crippen LogP contribution in [0.3, 0.4) is 0 Å². The maximum atomic E-state index is 11.9. The quantitative estimate of drug-likeness (QED) is 0.604. The molecular formula is C12H12ClNO2. The fourth-order valence-corrected chi connectivity index (χ4v) is 1.68. The van der Waals surface area contributed by atoms with Gasteiger partial charge in [-0.1, -0.05) is 25.4 Å². The Labute approximate surface area is 98.4 Å². The van der Waals surface area contributed by atoms with E-state index < -0.39 is 0 Å². The molecule has 16 heavy (non-hydrogen) atoms. The number of pyridine rings is 1. The Morgan fingerprint density at radius 3 is 3.00 bits per heavy atom. The van der Waals surface area contributed by atoms with Gasteiger partial charge in [-0.2, -0.15) is 0 Å². The van der Waals surface area contributed by atoms with Gasteiger partial charge in [-0.05, 0) is 18.6 Å². The van der Waals surface area contributed by atoms with Crippen molar-refractivity contribution in [2.45, 2.75) is 20.3 Å². The topological polar surface area (TPSA) is 43.1 Å². The molecule has 0 amide bonds. The lowest BCUT2D eigenvalue weighted by Gasteiger charge is -2.02. The normalized spacial score (nSPS) is 12.9. The third-order valence-electron chi connectivity index (χ3n) is 2.70. The van der Waals surface area contributed by atoms with Crippen LogP contribution in [0.5, 0.6) is 0 Å².